The van der Waals surface area contributed by atoms with Gasteiger partial charge in [-0.2, -0.15) is 0 Å². The van der Waals surface area contributed by atoms with Crippen LogP contribution < -0.4 is 5.32 Å². The summed E-state index contributed by atoms with van der Waals surface area (Å²) in [5.74, 6) is 0.820. The first-order valence-corrected chi connectivity index (χ1v) is 9.10. The molecule has 3 heterocycles. The van der Waals surface area contributed by atoms with E-state index in [1.807, 2.05) is 53.9 Å². The Balaban J connectivity index is 1.45. The largest absolute Gasteiger partial charge is 0.345 e. The number of fused-ring (bicyclic) bond motifs is 1. The van der Waals surface area contributed by atoms with Gasteiger partial charge in [0.15, 0.2) is 11.5 Å². The summed E-state index contributed by atoms with van der Waals surface area (Å²) in [4.78, 5) is 15.1. The van der Waals surface area contributed by atoms with Crippen molar-refractivity contribution in [2.75, 3.05) is 6.54 Å². The molecule has 0 spiro atoms. The third kappa shape index (κ3) is 3.32. The van der Waals surface area contributed by atoms with Gasteiger partial charge < -0.3 is 5.32 Å². The van der Waals surface area contributed by atoms with Crippen LogP contribution in [0.15, 0.2) is 54.7 Å². The number of pyridine rings is 1. The van der Waals surface area contributed by atoms with Crippen molar-refractivity contribution in [1.29, 1.82) is 0 Å². The molecule has 0 unspecified atom stereocenters. The van der Waals surface area contributed by atoms with Gasteiger partial charge in [-0.1, -0.05) is 36.4 Å². The summed E-state index contributed by atoms with van der Waals surface area (Å²) in [6.45, 7) is 3.72. The molecule has 4 rings (SSSR count). The van der Waals surface area contributed by atoms with Crippen molar-refractivity contribution in [2.45, 2.75) is 38.4 Å². The van der Waals surface area contributed by atoms with Gasteiger partial charge in [-0.3, -0.25) is 14.1 Å². The number of carbonyl (C=O) groups excluding carboxylic acids is 1. The zero-order chi connectivity index (χ0) is 17.9. The number of likely N-dealkylation sites (tertiary alicyclic amines) is 1. The number of amides is 1. The molecule has 0 saturated carbocycles. The van der Waals surface area contributed by atoms with Crippen molar-refractivity contribution in [3.63, 3.8) is 0 Å². The molecule has 1 fully saturated rings. The van der Waals surface area contributed by atoms with Gasteiger partial charge in [-0.15, -0.1) is 10.2 Å². The molecule has 1 N–H and O–H groups in total. The van der Waals surface area contributed by atoms with E-state index in [4.69, 9.17) is 0 Å². The predicted molar refractivity (Wildman–Crippen MR) is 99.4 cm³/mol. The summed E-state index contributed by atoms with van der Waals surface area (Å²) in [5, 5.41) is 11.5. The SMILES string of the molecule is C[C@@H](NC(=O)[C@H]1CCCN1Cc1ccccc1)c1nnc2ccccn12. The van der Waals surface area contributed by atoms with E-state index in [0.29, 0.717) is 0 Å². The van der Waals surface area contributed by atoms with Crippen LogP contribution >= 0.6 is 0 Å². The molecule has 1 saturated heterocycles. The van der Waals surface area contributed by atoms with Crippen molar-refractivity contribution >= 4 is 11.6 Å². The van der Waals surface area contributed by atoms with Crippen molar-refractivity contribution in [3.05, 3.63) is 66.1 Å². The smallest absolute Gasteiger partial charge is 0.237 e. The van der Waals surface area contributed by atoms with E-state index in [1.54, 1.807) is 0 Å². The molecule has 1 aliphatic heterocycles. The third-order valence-corrected chi connectivity index (χ3v) is 4.98. The fourth-order valence-electron chi connectivity index (χ4n) is 3.66. The van der Waals surface area contributed by atoms with Gasteiger partial charge in [0, 0.05) is 12.7 Å². The lowest BCUT2D eigenvalue weighted by atomic mass is 10.1. The van der Waals surface area contributed by atoms with E-state index < -0.39 is 0 Å². The van der Waals surface area contributed by atoms with Crippen LogP contribution in [0.25, 0.3) is 5.65 Å². The van der Waals surface area contributed by atoms with Crippen molar-refractivity contribution < 1.29 is 4.79 Å². The van der Waals surface area contributed by atoms with Crippen LogP contribution in [0.1, 0.15) is 37.2 Å². The van der Waals surface area contributed by atoms with E-state index in [0.717, 1.165) is 37.4 Å². The van der Waals surface area contributed by atoms with E-state index in [2.05, 4.69) is 32.5 Å². The Morgan fingerprint density at radius 1 is 1.19 bits per heavy atom. The van der Waals surface area contributed by atoms with Crippen LogP contribution in [0, 0.1) is 0 Å². The molecule has 26 heavy (non-hydrogen) atoms. The molecule has 0 radical (unpaired) electrons. The minimum Gasteiger partial charge on any atom is -0.345 e. The highest BCUT2D eigenvalue weighted by Gasteiger charge is 2.31. The van der Waals surface area contributed by atoms with E-state index in [-0.39, 0.29) is 18.0 Å². The molecule has 3 aromatic rings. The monoisotopic (exact) mass is 349 g/mol. The maximum Gasteiger partial charge on any atom is 0.237 e. The van der Waals surface area contributed by atoms with Crippen LogP contribution in [0.5, 0.6) is 0 Å². The quantitative estimate of drug-likeness (QED) is 0.769. The van der Waals surface area contributed by atoms with Crippen LogP contribution in [0.4, 0.5) is 0 Å². The third-order valence-electron chi connectivity index (χ3n) is 4.98. The number of nitrogens with zero attached hydrogens (tertiary/aromatic N) is 4. The second kappa shape index (κ2) is 7.25. The summed E-state index contributed by atoms with van der Waals surface area (Å²) in [6.07, 6.45) is 3.86. The Bertz CT molecular complexity index is 891. The lowest BCUT2D eigenvalue weighted by Crippen LogP contribution is -2.44. The van der Waals surface area contributed by atoms with Gasteiger partial charge in [-0.25, -0.2) is 0 Å². The van der Waals surface area contributed by atoms with Crippen molar-refractivity contribution in [1.82, 2.24) is 24.8 Å². The number of hydrogen-bond acceptors (Lipinski definition) is 4. The fourth-order valence-corrected chi connectivity index (χ4v) is 3.66. The van der Waals surface area contributed by atoms with Gasteiger partial charge in [0.25, 0.3) is 0 Å². The number of rotatable bonds is 5. The molecule has 134 valence electrons. The molecular formula is C20H23N5O. The number of carbonyl (C=O) groups is 1. The van der Waals surface area contributed by atoms with Gasteiger partial charge in [0.1, 0.15) is 0 Å². The second-order valence-corrected chi connectivity index (χ2v) is 6.83. The molecule has 1 aliphatic rings. The number of aromatic nitrogens is 3. The van der Waals surface area contributed by atoms with Gasteiger partial charge in [0.05, 0.1) is 12.1 Å². The molecule has 6 heteroatoms. The second-order valence-electron chi connectivity index (χ2n) is 6.83. The first-order valence-electron chi connectivity index (χ1n) is 9.10. The normalized spacial score (nSPS) is 18.9. The lowest BCUT2D eigenvalue weighted by molar-refractivity contribution is -0.126. The zero-order valence-electron chi connectivity index (χ0n) is 14.9. The molecule has 2 aromatic heterocycles. The van der Waals surface area contributed by atoms with Gasteiger partial charge in [-0.05, 0) is 44.0 Å². The molecule has 1 aromatic carbocycles. The van der Waals surface area contributed by atoms with Crippen LogP contribution in [0.2, 0.25) is 0 Å². The lowest BCUT2D eigenvalue weighted by Gasteiger charge is -2.25. The van der Waals surface area contributed by atoms with Crippen LogP contribution in [-0.2, 0) is 11.3 Å². The van der Waals surface area contributed by atoms with E-state index >= 15 is 0 Å². The minimum atomic E-state index is -0.195. The maximum atomic E-state index is 12.9. The summed E-state index contributed by atoms with van der Waals surface area (Å²) in [6, 6.07) is 15.8. The molecule has 1 amide bonds. The summed E-state index contributed by atoms with van der Waals surface area (Å²) in [5.41, 5.74) is 2.03. The van der Waals surface area contributed by atoms with Gasteiger partial charge >= 0.3 is 0 Å². The Morgan fingerprint density at radius 2 is 2.00 bits per heavy atom. The van der Waals surface area contributed by atoms with Crippen molar-refractivity contribution in [2.24, 2.45) is 0 Å². The average molecular weight is 349 g/mol. The molecule has 2 atom stereocenters. The molecular weight excluding hydrogens is 326 g/mol. The maximum absolute atomic E-state index is 12.9. The average Bonchev–Trinajstić information content (AvgIpc) is 3.29. The van der Waals surface area contributed by atoms with Crippen LogP contribution in [0.3, 0.4) is 0 Å². The minimum absolute atomic E-state index is 0.0682. The Hall–Kier alpha value is -2.73. The Kier molecular flexibility index (Phi) is 4.67. The topological polar surface area (TPSA) is 62.5 Å². The van der Waals surface area contributed by atoms with E-state index in [1.165, 1.54) is 5.56 Å². The predicted octanol–water partition coefficient (Wildman–Crippen LogP) is 2.57. The Labute approximate surface area is 152 Å². The first-order chi connectivity index (χ1) is 12.7. The standard InChI is InChI=1S/C20H23N5O/c1-15(19-23-22-18-11-5-6-13-25(18)19)21-20(26)17-10-7-12-24(17)14-16-8-3-2-4-9-16/h2-6,8-9,11,13,15,17H,7,10,12,14H2,1H3,(H,21,26)/t15-,17-/m1/s1. The number of benzene rings is 1. The van der Waals surface area contributed by atoms with Crippen molar-refractivity contribution in [3.8, 4) is 0 Å². The summed E-state index contributed by atoms with van der Waals surface area (Å²) >= 11 is 0. The highest BCUT2D eigenvalue weighted by molar-refractivity contribution is 5.82. The Morgan fingerprint density at radius 3 is 2.85 bits per heavy atom. The fraction of sp³-hybridized carbons (Fsp3) is 0.350. The summed E-state index contributed by atoms with van der Waals surface area (Å²) < 4.78 is 1.92. The highest BCUT2D eigenvalue weighted by Crippen LogP contribution is 2.21. The molecule has 0 aliphatic carbocycles. The number of hydrogen-bond donors (Lipinski definition) is 1. The van der Waals surface area contributed by atoms with Gasteiger partial charge in [0.2, 0.25) is 5.91 Å². The highest BCUT2D eigenvalue weighted by atomic mass is 16.2. The number of nitrogens with one attached hydrogen (secondary N) is 1. The molecule has 6 nitrogen and oxygen atoms in total. The zero-order valence-corrected chi connectivity index (χ0v) is 14.9. The van der Waals surface area contributed by atoms with E-state index in [9.17, 15) is 4.79 Å². The summed E-state index contributed by atoms with van der Waals surface area (Å²) in [7, 11) is 0. The molecule has 0 bridgehead atoms. The van der Waals surface area contributed by atoms with Crippen LogP contribution in [-0.4, -0.2) is 38.0 Å². The first kappa shape index (κ1) is 16.7.